The van der Waals surface area contributed by atoms with E-state index in [1.165, 1.54) is 0 Å². The Labute approximate surface area is 98.2 Å². The van der Waals surface area contributed by atoms with E-state index in [1.807, 2.05) is 19.0 Å². The van der Waals surface area contributed by atoms with Crippen LogP contribution in [0.15, 0.2) is 0 Å². The predicted molar refractivity (Wildman–Crippen MR) is 65.5 cm³/mol. The smallest absolute Gasteiger partial charge is 0.223 e. The standard InChI is InChI=1S/C11H24N4O/c1-14(2)8-5-12-4-3-11(16)15-9-6-13-7-10-15/h12-13H,3-10H2,1-2H3. The normalized spacial score (nSPS) is 16.8. The third-order valence-corrected chi connectivity index (χ3v) is 2.72. The number of carbonyl (C=O) groups excluding carboxylic acids is 1. The molecular weight excluding hydrogens is 204 g/mol. The van der Waals surface area contributed by atoms with Crippen LogP contribution in [0.25, 0.3) is 0 Å². The van der Waals surface area contributed by atoms with Gasteiger partial charge in [0.15, 0.2) is 0 Å². The van der Waals surface area contributed by atoms with E-state index < -0.39 is 0 Å². The molecule has 0 aromatic heterocycles. The zero-order valence-electron chi connectivity index (χ0n) is 10.5. The molecule has 1 aliphatic heterocycles. The summed E-state index contributed by atoms with van der Waals surface area (Å²) in [6, 6.07) is 0. The van der Waals surface area contributed by atoms with Crippen LogP contribution < -0.4 is 10.6 Å². The summed E-state index contributed by atoms with van der Waals surface area (Å²) in [5, 5.41) is 6.53. The van der Waals surface area contributed by atoms with Crippen LogP contribution in [-0.4, -0.2) is 75.6 Å². The van der Waals surface area contributed by atoms with Crippen molar-refractivity contribution in [3.05, 3.63) is 0 Å². The van der Waals surface area contributed by atoms with Gasteiger partial charge in [0.25, 0.3) is 0 Å². The first-order valence-electron chi connectivity index (χ1n) is 6.04. The highest BCUT2D eigenvalue weighted by Crippen LogP contribution is 1.95. The monoisotopic (exact) mass is 228 g/mol. The summed E-state index contributed by atoms with van der Waals surface area (Å²) in [4.78, 5) is 15.8. The molecule has 0 unspecified atom stereocenters. The van der Waals surface area contributed by atoms with Crippen LogP contribution in [0.5, 0.6) is 0 Å². The van der Waals surface area contributed by atoms with E-state index in [0.717, 1.165) is 45.8 Å². The fourth-order valence-corrected chi connectivity index (χ4v) is 1.70. The highest BCUT2D eigenvalue weighted by atomic mass is 16.2. The molecule has 1 amide bonds. The van der Waals surface area contributed by atoms with Gasteiger partial charge >= 0.3 is 0 Å². The topological polar surface area (TPSA) is 47.6 Å². The second-order valence-electron chi connectivity index (χ2n) is 4.43. The van der Waals surface area contributed by atoms with Gasteiger partial charge in [-0.1, -0.05) is 0 Å². The molecule has 2 N–H and O–H groups in total. The van der Waals surface area contributed by atoms with Crippen LogP contribution in [0.3, 0.4) is 0 Å². The van der Waals surface area contributed by atoms with E-state index in [-0.39, 0.29) is 5.91 Å². The summed E-state index contributed by atoms with van der Waals surface area (Å²) >= 11 is 0. The number of hydrogen-bond donors (Lipinski definition) is 2. The van der Waals surface area contributed by atoms with Crippen molar-refractivity contribution in [3.63, 3.8) is 0 Å². The van der Waals surface area contributed by atoms with Gasteiger partial charge in [0.1, 0.15) is 0 Å². The Morgan fingerprint density at radius 3 is 2.62 bits per heavy atom. The number of amides is 1. The van der Waals surface area contributed by atoms with Crippen LogP contribution in [0.4, 0.5) is 0 Å². The predicted octanol–water partition coefficient (Wildman–Crippen LogP) is -1.04. The molecule has 1 saturated heterocycles. The van der Waals surface area contributed by atoms with Crippen molar-refractivity contribution in [2.45, 2.75) is 6.42 Å². The molecule has 0 aliphatic carbocycles. The minimum atomic E-state index is 0.277. The van der Waals surface area contributed by atoms with Crippen molar-refractivity contribution in [1.82, 2.24) is 20.4 Å². The number of nitrogens with zero attached hydrogens (tertiary/aromatic N) is 2. The van der Waals surface area contributed by atoms with Crippen LogP contribution in [-0.2, 0) is 4.79 Å². The minimum Gasteiger partial charge on any atom is -0.340 e. The third-order valence-electron chi connectivity index (χ3n) is 2.72. The maximum atomic E-state index is 11.7. The molecule has 16 heavy (non-hydrogen) atoms. The lowest BCUT2D eigenvalue weighted by Gasteiger charge is -2.27. The molecule has 1 fully saturated rings. The Morgan fingerprint density at radius 1 is 1.31 bits per heavy atom. The first-order valence-corrected chi connectivity index (χ1v) is 6.04. The second kappa shape index (κ2) is 7.60. The van der Waals surface area contributed by atoms with Gasteiger partial charge in [-0.3, -0.25) is 4.79 Å². The minimum absolute atomic E-state index is 0.277. The quantitative estimate of drug-likeness (QED) is 0.570. The summed E-state index contributed by atoms with van der Waals surface area (Å²) in [7, 11) is 4.10. The van der Waals surface area contributed by atoms with E-state index in [1.54, 1.807) is 0 Å². The average molecular weight is 228 g/mol. The number of nitrogens with one attached hydrogen (secondary N) is 2. The first kappa shape index (κ1) is 13.4. The Bertz CT molecular complexity index is 202. The molecule has 0 aromatic carbocycles. The lowest BCUT2D eigenvalue weighted by atomic mass is 10.3. The molecule has 0 aromatic rings. The summed E-state index contributed by atoms with van der Waals surface area (Å²) in [6.07, 6.45) is 0.618. The lowest BCUT2D eigenvalue weighted by Crippen LogP contribution is -2.47. The fourth-order valence-electron chi connectivity index (χ4n) is 1.70. The molecule has 5 heteroatoms. The highest BCUT2D eigenvalue weighted by Gasteiger charge is 2.14. The molecule has 1 aliphatic rings. The van der Waals surface area contributed by atoms with Crippen molar-refractivity contribution < 1.29 is 4.79 Å². The molecule has 1 heterocycles. The maximum Gasteiger partial charge on any atom is 0.223 e. The van der Waals surface area contributed by atoms with Gasteiger partial charge in [0.2, 0.25) is 5.91 Å². The maximum absolute atomic E-state index is 11.7. The SMILES string of the molecule is CN(C)CCNCCC(=O)N1CCNCC1. The van der Waals surface area contributed by atoms with E-state index in [4.69, 9.17) is 0 Å². The molecule has 1 rings (SSSR count). The molecule has 0 saturated carbocycles. The zero-order chi connectivity index (χ0) is 11.8. The summed E-state index contributed by atoms with van der Waals surface area (Å²) < 4.78 is 0. The van der Waals surface area contributed by atoms with Gasteiger partial charge in [-0.05, 0) is 14.1 Å². The number of carbonyl (C=O) groups is 1. The van der Waals surface area contributed by atoms with E-state index in [9.17, 15) is 4.79 Å². The van der Waals surface area contributed by atoms with Gasteiger partial charge < -0.3 is 20.4 Å². The van der Waals surface area contributed by atoms with Gasteiger partial charge in [-0.25, -0.2) is 0 Å². The number of rotatable bonds is 6. The number of piperazine rings is 1. The molecule has 5 nitrogen and oxygen atoms in total. The van der Waals surface area contributed by atoms with Gasteiger partial charge in [0, 0.05) is 52.2 Å². The summed E-state index contributed by atoms with van der Waals surface area (Å²) in [6.45, 7) is 6.33. The summed E-state index contributed by atoms with van der Waals surface area (Å²) in [5.74, 6) is 0.277. The molecule has 0 atom stereocenters. The van der Waals surface area contributed by atoms with Crippen molar-refractivity contribution in [3.8, 4) is 0 Å². The third kappa shape index (κ3) is 5.44. The molecule has 94 valence electrons. The Hall–Kier alpha value is -0.650. The van der Waals surface area contributed by atoms with Crippen molar-refractivity contribution in [2.75, 3.05) is 59.9 Å². The Morgan fingerprint density at radius 2 is 2.00 bits per heavy atom. The van der Waals surface area contributed by atoms with Gasteiger partial charge in [-0.15, -0.1) is 0 Å². The first-order chi connectivity index (χ1) is 7.70. The van der Waals surface area contributed by atoms with Crippen LogP contribution in [0.1, 0.15) is 6.42 Å². The highest BCUT2D eigenvalue weighted by molar-refractivity contribution is 5.76. The van der Waals surface area contributed by atoms with Crippen molar-refractivity contribution >= 4 is 5.91 Å². The fraction of sp³-hybridized carbons (Fsp3) is 0.909. The number of hydrogen-bond acceptors (Lipinski definition) is 4. The molecular formula is C11H24N4O. The molecule has 0 bridgehead atoms. The van der Waals surface area contributed by atoms with Crippen LogP contribution in [0.2, 0.25) is 0 Å². The lowest BCUT2D eigenvalue weighted by molar-refractivity contribution is -0.131. The van der Waals surface area contributed by atoms with Crippen LogP contribution >= 0.6 is 0 Å². The number of likely N-dealkylation sites (N-methyl/N-ethyl adjacent to an activating group) is 1. The average Bonchev–Trinajstić information content (AvgIpc) is 2.29. The zero-order valence-corrected chi connectivity index (χ0v) is 10.5. The van der Waals surface area contributed by atoms with Gasteiger partial charge in [-0.2, -0.15) is 0 Å². The Balaban J connectivity index is 2.01. The van der Waals surface area contributed by atoms with Gasteiger partial charge in [0.05, 0.1) is 0 Å². The van der Waals surface area contributed by atoms with Crippen molar-refractivity contribution in [1.29, 1.82) is 0 Å². The van der Waals surface area contributed by atoms with Crippen LogP contribution in [0, 0.1) is 0 Å². The summed E-state index contributed by atoms with van der Waals surface area (Å²) in [5.41, 5.74) is 0. The second-order valence-corrected chi connectivity index (χ2v) is 4.43. The molecule has 0 spiro atoms. The van der Waals surface area contributed by atoms with E-state index in [2.05, 4.69) is 15.5 Å². The van der Waals surface area contributed by atoms with E-state index in [0.29, 0.717) is 6.42 Å². The largest absolute Gasteiger partial charge is 0.340 e. The molecule has 0 radical (unpaired) electrons. The Kier molecular flexibility index (Phi) is 6.37. The van der Waals surface area contributed by atoms with Crippen molar-refractivity contribution in [2.24, 2.45) is 0 Å². The van der Waals surface area contributed by atoms with E-state index >= 15 is 0 Å².